The lowest BCUT2D eigenvalue weighted by Crippen LogP contribution is -2.43. The monoisotopic (exact) mass is 173 g/mol. The van der Waals surface area contributed by atoms with Crippen molar-refractivity contribution >= 4 is 11.8 Å². The molecule has 0 radical (unpaired) electrons. The summed E-state index contributed by atoms with van der Waals surface area (Å²) in [5.74, 6) is 0. The normalized spacial score (nSPS) is 30.3. The minimum atomic E-state index is 0.376. The van der Waals surface area contributed by atoms with Gasteiger partial charge < -0.3 is 5.73 Å². The summed E-state index contributed by atoms with van der Waals surface area (Å²) in [4.78, 5) is 0. The standard InChI is InChI=1S/C9H19NS/c1-8(2)5-7(10)6-9(3,4)11-8/h7H,5-6,10H2,1-4H3. The lowest BCUT2D eigenvalue weighted by molar-refractivity contribution is 0.428. The average Bonchev–Trinajstić information content (AvgIpc) is 1.49. The van der Waals surface area contributed by atoms with E-state index >= 15 is 0 Å². The van der Waals surface area contributed by atoms with Gasteiger partial charge in [-0.05, 0) is 12.8 Å². The Labute approximate surface area is 74.1 Å². The van der Waals surface area contributed by atoms with E-state index in [1.165, 1.54) is 0 Å². The molecule has 0 bridgehead atoms. The number of nitrogens with two attached hydrogens (primary N) is 1. The van der Waals surface area contributed by atoms with E-state index in [9.17, 15) is 0 Å². The second-order valence-electron chi connectivity index (χ2n) is 4.79. The summed E-state index contributed by atoms with van der Waals surface area (Å²) in [5.41, 5.74) is 5.97. The molecule has 1 aliphatic rings. The van der Waals surface area contributed by atoms with Crippen LogP contribution in [-0.4, -0.2) is 15.5 Å². The minimum Gasteiger partial charge on any atom is -0.328 e. The first-order valence-corrected chi connectivity index (χ1v) is 5.08. The minimum absolute atomic E-state index is 0.376. The molecule has 1 aliphatic heterocycles. The third-order valence-electron chi connectivity index (χ3n) is 2.06. The second-order valence-corrected chi connectivity index (χ2v) is 7.20. The number of rotatable bonds is 0. The third-order valence-corrected chi connectivity index (χ3v) is 3.50. The van der Waals surface area contributed by atoms with Gasteiger partial charge in [0.2, 0.25) is 0 Å². The van der Waals surface area contributed by atoms with E-state index in [1.54, 1.807) is 0 Å². The molecule has 0 spiro atoms. The Bertz CT molecular complexity index is 136. The van der Waals surface area contributed by atoms with Gasteiger partial charge in [0, 0.05) is 15.5 Å². The highest BCUT2D eigenvalue weighted by molar-refractivity contribution is 8.01. The fourth-order valence-electron chi connectivity index (χ4n) is 2.17. The van der Waals surface area contributed by atoms with E-state index in [0.717, 1.165) is 12.8 Å². The van der Waals surface area contributed by atoms with Crippen molar-refractivity contribution in [3.8, 4) is 0 Å². The largest absolute Gasteiger partial charge is 0.328 e. The van der Waals surface area contributed by atoms with E-state index in [4.69, 9.17) is 5.73 Å². The van der Waals surface area contributed by atoms with Crippen LogP contribution in [-0.2, 0) is 0 Å². The van der Waals surface area contributed by atoms with Crippen LogP contribution in [0.25, 0.3) is 0 Å². The SMILES string of the molecule is CC1(C)CC(N)CC(C)(C)S1. The van der Waals surface area contributed by atoms with Gasteiger partial charge in [-0.3, -0.25) is 0 Å². The van der Waals surface area contributed by atoms with Gasteiger partial charge in [-0.1, -0.05) is 27.7 Å². The van der Waals surface area contributed by atoms with Crippen LogP contribution in [0.1, 0.15) is 40.5 Å². The van der Waals surface area contributed by atoms with Crippen molar-refractivity contribution in [1.82, 2.24) is 0 Å². The summed E-state index contributed by atoms with van der Waals surface area (Å²) < 4.78 is 0.752. The Morgan fingerprint density at radius 3 is 1.73 bits per heavy atom. The Kier molecular flexibility index (Phi) is 2.28. The van der Waals surface area contributed by atoms with Crippen LogP contribution >= 0.6 is 11.8 Å². The molecule has 1 fully saturated rings. The van der Waals surface area contributed by atoms with Gasteiger partial charge in [0.25, 0.3) is 0 Å². The zero-order valence-corrected chi connectivity index (χ0v) is 8.79. The highest BCUT2D eigenvalue weighted by atomic mass is 32.2. The number of hydrogen-bond acceptors (Lipinski definition) is 2. The van der Waals surface area contributed by atoms with Crippen molar-refractivity contribution in [2.75, 3.05) is 0 Å². The van der Waals surface area contributed by atoms with E-state index < -0.39 is 0 Å². The van der Waals surface area contributed by atoms with Gasteiger partial charge in [0.15, 0.2) is 0 Å². The highest BCUT2D eigenvalue weighted by Crippen LogP contribution is 2.46. The maximum absolute atomic E-state index is 5.97. The van der Waals surface area contributed by atoms with Crippen molar-refractivity contribution in [1.29, 1.82) is 0 Å². The van der Waals surface area contributed by atoms with Crippen LogP contribution in [0, 0.1) is 0 Å². The van der Waals surface area contributed by atoms with E-state index in [0.29, 0.717) is 15.5 Å². The molecule has 1 heterocycles. The quantitative estimate of drug-likeness (QED) is 0.609. The Balaban J connectivity index is 2.66. The van der Waals surface area contributed by atoms with Gasteiger partial charge >= 0.3 is 0 Å². The smallest absolute Gasteiger partial charge is 0.0123 e. The van der Waals surface area contributed by atoms with Crippen LogP contribution in [0.15, 0.2) is 0 Å². The molecule has 1 rings (SSSR count). The molecule has 0 aromatic rings. The average molecular weight is 173 g/mol. The lowest BCUT2D eigenvalue weighted by Gasteiger charge is -2.43. The summed E-state index contributed by atoms with van der Waals surface area (Å²) in [7, 11) is 0. The Hall–Kier alpha value is 0.310. The van der Waals surface area contributed by atoms with Crippen LogP contribution < -0.4 is 5.73 Å². The number of thioether (sulfide) groups is 1. The Morgan fingerprint density at radius 2 is 1.45 bits per heavy atom. The summed E-state index contributed by atoms with van der Waals surface area (Å²) >= 11 is 2.07. The molecule has 2 N–H and O–H groups in total. The van der Waals surface area contributed by atoms with Gasteiger partial charge in [0.05, 0.1) is 0 Å². The van der Waals surface area contributed by atoms with Crippen molar-refractivity contribution < 1.29 is 0 Å². The molecule has 1 saturated heterocycles. The third kappa shape index (κ3) is 2.68. The molecule has 1 nitrogen and oxygen atoms in total. The van der Waals surface area contributed by atoms with Crippen LogP contribution in [0.4, 0.5) is 0 Å². The highest BCUT2D eigenvalue weighted by Gasteiger charge is 2.37. The fraction of sp³-hybridized carbons (Fsp3) is 1.00. The first-order valence-electron chi connectivity index (χ1n) is 4.27. The molecular formula is C9H19NS. The maximum atomic E-state index is 5.97. The summed E-state index contributed by atoms with van der Waals surface area (Å²) in [6.07, 6.45) is 2.31. The fourth-order valence-corrected chi connectivity index (χ4v) is 4.26. The second kappa shape index (κ2) is 2.67. The Morgan fingerprint density at radius 1 is 1.09 bits per heavy atom. The topological polar surface area (TPSA) is 26.0 Å². The predicted molar refractivity (Wildman–Crippen MR) is 53.0 cm³/mol. The van der Waals surface area contributed by atoms with Crippen molar-refractivity contribution in [3.63, 3.8) is 0 Å². The molecule has 0 aromatic carbocycles. The van der Waals surface area contributed by atoms with Crippen LogP contribution in [0.3, 0.4) is 0 Å². The molecule has 0 aliphatic carbocycles. The van der Waals surface area contributed by atoms with Crippen LogP contribution in [0.2, 0.25) is 0 Å². The van der Waals surface area contributed by atoms with Gasteiger partial charge in [0.1, 0.15) is 0 Å². The van der Waals surface area contributed by atoms with Gasteiger partial charge in [-0.15, -0.1) is 11.8 Å². The molecule has 0 saturated carbocycles. The van der Waals surface area contributed by atoms with Crippen molar-refractivity contribution in [3.05, 3.63) is 0 Å². The summed E-state index contributed by atoms with van der Waals surface area (Å²) in [5, 5.41) is 0. The molecule has 0 unspecified atom stereocenters. The first kappa shape index (κ1) is 9.40. The van der Waals surface area contributed by atoms with Gasteiger partial charge in [-0.2, -0.15) is 0 Å². The summed E-state index contributed by atoms with van der Waals surface area (Å²) in [6, 6.07) is 0.404. The summed E-state index contributed by atoms with van der Waals surface area (Å²) in [6.45, 7) is 9.16. The zero-order valence-electron chi connectivity index (χ0n) is 7.98. The van der Waals surface area contributed by atoms with Crippen LogP contribution in [0.5, 0.6) is 0 Å². The molecule has 0 aromatic heterocycles. The molecule has 0 amide bonds. The molecular weight excluding hydrogens is 154 g/mol. The molecule has 0 atom stereocenters. The molecule has 11 heavy (non-hydrogen) atoms. The zero-order chi connectivity index (χ0) is 8.70. The molecule has 66 valence electrons. The van der Waals surface area contributed by atoms with E-state index in [-0.39, 0.29) is 0 Å². The maximum Gasteiger partial charge on any atom is 0.0123 e. The van der Waals surface area contributed by atoms with Gasteiger partial charge in [-0.25, -0.2) is 0 Å². The van der Waals surface area contributed by atoms with Crippen molar-refractivity contribution in [2.24, 2.45) is 5.73 Å². The lowest BCUT2D eigenvalue weighted by atomic mass is 9.94. The predicted octanol–water partition coefficient (Wildman–Crippen LogP) is 2.40. The van der Waals surface area contributed by atoms with E-state index in [2.05, 4.69) is 39.5 Å². The van der Waals surface area contributed by atoms with E-state index in [1.807, 2.05) is 0 Å². The van der Waals surface area contributed by atoms with Crippen molar-refractivity contribution in [2.45, 2.75) is 56.1 Å². The molecule has 2 heteroatoms. The number of hydrogen-bond donors (Lipinski definition) is 1. The first-order chi connectivity index (χ1) is 4.81.